The minimum Gasteiger partial charge on any atom is -0.508 e. The Kier molecular flexibility index (Phi) is 8.93. The van der Waals surface area contributed by atoms with E-state index in [9.17, 15) is 39.6 Å². The summed E-state index contributed by atoms with van der Waals surface area (Å²) in [5.74, 6) is -3.55. The van der Waals surface area contributed by atoms with E-state index in [2.05, 4.69) is 10.6 Å². The number of phenols is 1. The molecule has 1 aliphatic rings. The number of nitrogens with one attached hydrogen (secondary N) is 2. The number of hydrogen-bond acceptors (Lipinski definition) is 8. The number of rotatable bonds is 10. The first kappa shape index (κ1) is 25.0. The van der Waals surface area contributed by atoms with Crippen LogP contribution < -0.4 is 16.4 Å². The number of phenolic OH excluding ortho intramolecular Hbond substituents is 1. The van der Waals surface area contributed by atoms with Crippen LogP contribution in [0.25, 0.3) is 0 Å². The fourth-order valence-corrected chi connectivity index (χ4v) is 3.40. The van der Waals surface area contributed by atoms with Crippen LogP contribution in [-0.4, -0.2) is 92.9 Å². The second kappa shape index (κ2) is 11.4. The average Bonchev–Trinajstić information content (AvgIpc) is 3.26. The van der Waals surface area contributed by atoms with E-state index in [1.54, 1.807) is 12.1 Å². The molecule has 8 N–H and O–H groups in total. The van der Waals surface area contributed by atoms with E-state index in [1.165, 1.54) is 12.1 Å². The molecule has 12 nitrogen and oxygen atoms in total. The number of benzene rings is 1. The van der Waals surface area contributed by atoms with Crippen molar-refractivity contribution in [3.8, 4) is 5.75 Å². The van der Waals surface area contributed by atoms with Crippen molar-refractivity contribution >= 4 is 23.7 Å². The Morgan fingerprint density at radius 2 is 1.62 bits per heavy atom. The average molecular weight is 452 g/mol. The van der Waals surface area contributed by atoms with Crippen molar-refractivity contribution in [3.05, 3.63) is 29.8 Å². The summed E-state index contributed by atoms with van der Waals surface area (Å²) in [7, 11) is 0. The largest absolute Gasteiger partial charge is 0.508 e. The minimum atomic E-state index is -1.44. The molecule has 1 saturated heterocycles. The Morgan fingerprint density at radius 1 is 1.03 bits per heavy atom. The van der Waals surface area contributed by atoms with Gasteiger partial charge in [0.2, 0.25) is 17.7 Å². The van der Waals surface area contributed by atoms with Crippen molar-refractivity contribution in [2.45, 2.75) is 43.4 Å². The molecule has 0 spiro atoms. The standard InChI is InChI=1S/C20H28N4O8/c21-13(8-11-3-5-12(27)6-4-11)17(28)22-14(9-25)18(29)23-15(10-26)19(30)24-7-1-2-16(24)20(31)32/h3-6,13-16,25-27H,1-2,7-10,21H2,(H,22,28)(H,23,29)(H,31,32). The Bertz CT molecular complexity index is 831. The molecule has 4 atom stereocenters. The smallest absolute Gasteiger partial charge is 0.326 e. The zero-order valence-electron chi connectivity index (χ0n) is 17.3. The molecular weight excluding hydrogens is 424 g/mol. The summed E-state index contributed by atoms with van der Waals surface area (Å²) in [5, 5.41) is 42.1. The van der Waals surface area contributed by atoms with Gasteiger partial charge in [0.15, 0.2) is 0 Å². The summed E-state index contributed by atoms with van der Waals surface area (Å²) in [6, 6.07) is 1.06. The van der Waals surface area contributed by atoms with Crippen LogP contribution in [0.3, 0.4) is 0 Å². The SMILES string of the molecule is NC(Cc1ccc(O)cc1)C(=O)NC(CO)C(=O)NC(CO)C(=O)N1CCCC1C(=O)O. The van der Waals surface area contributed by atoms with Crippen molar-refractivity contribution in [2.75, 3.05) is 19.8 Å². The van der Waals surface area contributed by atoms with Gasteiger partial charge in [-0.15, -0.1) is 0 Å². The summed E-state index contributed by atoms with van der Waals surface area (Å²) < 4.78 is 0. The number of carbonyl (C=O) groups excluding carboxylic acids is 3. The van der Waals surface area contributed by atoms with Crippen LogP contribution in [0.2, 0.25) is 0 Å². The first-order chi connectivity index (χ1) is 15.2. The molecule has 32 heavy (non-hydrogen) atoms. The predicted molar refractivity (Wildman–Crippen MR) is 110 cm³/mol. The topological polar surface area (TPSA) is 203 Å². The Hall–Kier alpha value is -3.22. The van der Waals surface area contributed by atoms with Gasteiger partial charge in [0, 0.05) is 6.54 Å². The highest BCUT2D eigenvalue weighted by Gasteiger charge is 2.38. The second-order valence-electron chi connectivity index (χ2n) is 7.49. The zero-order chi connectivity index (χ0) is 23.8. The summed E-state index contributed by atoms with van der Waals surface area (Å²) in [5.41, 5.74) is 6.51. The van der Waals surface area contributed by atoms with Crippen LogP contribution in [0.1, 0.15) is 18.4 Å². The van der Waals surface area contributed by atoms with Gasteiger partial charge in [0.1, 0.15) is 23.9 Å². The number of carbonyl (C=O) groups is 4. The monoisotopic (exact) mass is 452 g/mol. The molecule has 1 aliphatic heterocycles. The van der Waals surface area contributed by atoms with Crippen LogP contribution in [0.5, 0.6) is 5.75 Å². The molecular formula is C20H28N4O8. The van der Waals surface area contributed by atoms with Gasteiger partial charge in [-0.05, 0) is 37.0 Å². The van der Waals surface area contributed by atoms with Gasteiger partial charge in [-0.25, -0.2) is 4.79 Å². The fourth-order valence-electron chi connectivity index (χ4n) is 3.40. The van der Waals surface area contributed by atoms with E-state index in [0.29, 0.717) is 12.0 Å². The summed E-state index contributed by atoms with van der Waals surface area (Å²) in [4.78, 5) is 49.8. The normalized spacial score (nSPS) is 18.5. The summed E-state index contributed by atoms with van der Waals surface area (Å²) >= 11 is 0. The number of nitrogens with two attached hydrogens (primary N) is 1. The zero-order valence-corrected chi connectivity index (χ0v) is 17.3. The number of aliphatic hydroxyl groups excluding tert-OH is 2. The fraction of sp³-hybridized carbons (Fsp3) is 0.500. The highest BCUT2D eigenvalue weighted by atomic mass is 16.4. The maximum atomic E-state index is 12.6. The van der Waals surface area contributed by atoms with Gasteiger partial charge in [0.25, 0.3) is 0 Å². The first-order valence-corrected chi connectivity index (χ1v) is 10.1. The lowest BCUT2D eigenvalue weighted by Gasteiger charge is -2.27. The van der Waals surface area contributed by atoms with Crippen LogP contribution in [-0.2, 0) is 25.6 Å². The van der Waals surface area contributed by atoms with E-state index in [-0.39, 0.29) is 25.1 Å². The molecule has 4 unspecified atom stereocenters. The maximum absolute atomic E-state index is 12.6. The molecule has 1 fully saturated rings. The number of likely N-dealkylation sites (tertiary alicyclic amines) is 1. The Labute approximate surface area is 184 Å². The Morgan fingerprint density at radius 3 is 2.19 bits per heavy atom. The van der Waals surface area contributed by atoms with Gasteiger partial charge in [-0.3, -0.25) is 14.4 Å². The van der Waals surface area contributed by atoms with Crippen LogP contribution >= 0.6 is 0 Å². The number of nitrogens with zero attached hydrogens (tertiary/aromatic N) is 1. The number of aliphatic hydroxyl groups is 2. The summed E-state index contributed by atoms with van der Waals surface area (Å²) in [6.07, 6.45) is 0.847. The van der Waals surface area contributed by atoms with E-state index in [4.69, 9.17) is 5.73 Å². The van der Waals surface area contributed by atoms with Crippen molar-refractivity contribution in [1.82, 2.24) is 15.5 Å². The molecule has 12 heteroatoms. The number of amides is 3. The highest BCUT2D eigenvalue weighted by Crippen LogP contribution is 2.18. The van der Waals surface area contributed by atoms with Gasteiger partial charge in [0.05, 0.1) is 19.3 Å². The first-order valence-electron chi connectivity index (χ1n) is 10.1. The minimum absolute atomic E-state index is 0.0559. The molecule has 3 amide bonds. The molecule has 176 valence electrons. The van der Waals surface area contributed by atoms with E-state index in [0.717, 1.165) is 4.90 Å². The molecule has 1 aromatic rings. The molecule has 0 aromatic heterocycles. The number of hydrogen-bond donors (Lipinski definition) is 7. The molecule has 0 bridgehead atoms. The molecule has 1 aromatic carbocycles. The van der Waals surface area contributed by atoms with E-state index < -0.39 is 61.1 Å². The molecule has 1 heterocycles. The quantitative estimate of drug-likeness (QED) is 0.197. The van der Waals surface area contributed by atoms with E-state index in [1.807, 2.05) is 0 Å². The van der Waals surface area contributed by atoms with Crippen LogP contribution in [0.15, 0.2) is 24.3 Å². The molecule has 0 radical (unpaired) electrons. The number of aromatic hydroxyl groups is 1. The van der Waals surface area contributed by atoms with Gasteiger partial charge < -0.3 is 41.7 Å². The van der Waals surface area contributed by atoms with Crippen molar-refractivity contribution in [3.63, 3.8) is 0 Å². The second-order valence-corrected chi connectivity index (χ2v) is 7.49. The van der Waals surface area contributed by atoms with E-state index >= 15 is 0 Å². The molecule has 0 aliphatic carbocycles. The molecule has 2 rings (SSSR count). The number of carboxylic acid groups (broad SMARTS) is 1. The Balaban J connectivity index is 1.96. The van der Waals surface area contributed by atoms with Gasteiger partial charge >= 0.3 is 5.97 Å². The van der Waals surface area contributed by atoms with Crippen molar-refractivity contribution < 1.29 is 39.6 Å². The lowest BCUT2D eigenvalue weighted by atomic mass is 10.1. The van der Waals surface area contributed by atoms with Gasteiger partial charge in [-0.1, -0.05) is 12.1 Å². The maximum Gasteiger partial charge on any atom is 0.326 e. The summed E-state index contributed by atoms with van der Waals surface area (Å²) in [6.45, 7) is -1.41. The third-order valence-electron chi connectivity index (χ3n) is 5.16. The third kappa shape index (κ3) is 6.39. The third-order valence-corrected chi connectivity index (χ3v) is 5.16. The lowest BCUT2D eigenvalue weighted by molar-refractivity contribution is -0.150. The highest BCUT2D eigenvalue weighted by molar-refractivity contribution is 5.94. The van der Waals surface area contributed by atoms with Gasteiger partial charge in [-0.2, -0.15) is 0 Å². The van der Waals surface area contributed by atoms with Crippen molar-refractivity contribution in [2.24, 2.45) is 5.73 Å². The number of carboxylic acids is 1. The lowest BCUT2D eigenvalue weighted by Crippen LogP contribution is -2.59. The van der Waals surface area contributed by atoms with Crippen LogP contribution in [0.4, 0.5) is 0 Å². The predicted octanol–water partition coefficient (Wildman–Crippen LogP) is -2.71. The number of aliphatic carboxylic acids is 1. The molecule has 0 saturated carbocycles. The van der Waals surface area contributed by atoms with Crippen LogP contribution in [0, 0.1) is 0 Å². The van der Waals surface area contributed by atoms with Crippen molar-refractivity contribution in [1.29, 1.82) is 0 Å².